The lowest BCUT2D eigenvalue weighted by atomic mass is 10.1. The number of halogens is 2. The van der Waals surface area contributed by atoms with Crippen LogP contribution < -0.4 is 0 Å². The molecule has 1 unspecified atom stereocenters. The molecule has 0 aromatic heterocycles. The molecule has 2 rings (SSSR count). The summed E-state index contributed by atoms with van der Waals surface area (Å²) in [7, 11) is -0.578. The van der Waals surface area contributed by atoms with Crippen LogP contribution in [0, 0.1) is 0 Å². The summed E-state index contributed by atoms with van der Waals surface area (Å²) in [4.78, 5) is 14.0. The Kier molecular flexibility index (Phi) is 4.55. The lowest BCUT2D eigenvalue weighted by molar-refractivity contribution is -0.163. The smallest absolute Gasteiger partial charge is 0.349 e. The minimum atomic E-state index is -3.49. The molecule has 0 aliphatic carbocycles. The van der Waals surface area contributed by atoms with E-state index in [0.717, 1.165) is 9.80 Å². The number of morpholine rings is 1. The minimum absolute atomic E-state index is 0.214. The zero-order chi connectivity index (χ0) is 14.8. The quantitative estimate of drug-likeness (QED) is 0.480. The van der Waals surface area contributed by atoms with Gasteiger partial charge in [-0.1, -0.05) is 0 Å². The van der Waals surface area contributed by atoms with Crippen molar-refractivity contribution in [2.24, 2.45) is 0 Å². The van der Waals surface area contributed by atoms with Crippen molar-refractivity contribution in [2.75, 3.05) is 32.6 Å². The third kappa shape index (κ3) is 3.07. The monoisotopic (exact) mass is 302 g/mol. The molecule has 1 atom stereocenters. The first kappa shape index (κ1) is 15.1. The van der Waals surface area contributed by atoms with E-state index >= 15 is 0 Å². The summed E-state index contributed by atoms with van der Waals surface area (Å²) < 4.78 is 33.5. The van der Waals surface area contributed by atoms with E-state index in [1.165, 1.54) is 12.1 Å². The first-order valence-corrected chi connectivity index (χ1v) is 8.30. The summed E-state index contributed by atoms with van der Waals surface area (Å²) in [6, 6.07) is 5.87. The van der Waals surface area contributed by atoms with E-state index in [2.05, 4.69) is 5.87 Å². The van der Waals surface area contributed by atoms with Gasteiger partial charge in [-0.25, -0.2) is 0 Å². The maximum atomic E-state index is 14.2. The molecule has 1 aromatic carbocycles. The van der Waals surface area contributed by atoms with Gasteiger partial charge in [0.25, 0.3) is 5.91 Å². The van der Waals surface area contributed by atoms with Gasteiger partial charge in [-0.15, -0.1) is 10.5 Å². The van der Waals surface area contributed by atoms with Crippen LogP contribution >= 0.6 is 0 Å². The molecule has 0 radical (unpaired) electrons. The Bertz CT molecular complexity index is 510. The largest absolute Gasteiger partial charge is 0.378 e. The van der Waals surface area contributed by atoms with Crippen molar-refractivity contribution in [3.8, 4) is 0 Å². The zero-order valence-corrected chi connectivity index (χ0v) is 12.2. The highest BCUT2D eigenvalue weighted by Gasteiger charge is 2.44. The average Bonchev–Trinajstić information content (AvgIpc) is 2.47. The van der Waals surface area contributed by atoms with Crippen LogP contribution in [0.3, 0.4) is 0 Å². The highest BCUT2D eigenvalue weighted by Crippen LogP contribution is 2.31. The molecular formula is C14H18F2NO2S+. The second kappa shape index (κ2) is 6.01. The van der Waals surface area contributed by atoms with E-state index in [1.807, 2.05) is 6.26 Å². The van der Waals surface area contributed by atoms with Crippen molar-refractivity contribution >= 4 is 22.3 Å². The fourth-order valence-electron chi connectivity index (χ4n) is 2.01. The number of thiol groups is 1. The number of nitrogens with zero attached hydrogens (tertiary/aromatic N) is 1. The molecule has 0 saturated carbocycles. The molecule has 1 heterocycles. The van der Waals surface area contributed by atoms with Crippen molar-refractivity contribution in [1.82, 2.24) is 4.90 Å². The summed E-state index contributed by atoms with van der Waals surface area (Å²) in [5, 5.41) is 0. The highest BCUT2D eigenvalue weighted by atomic mass is 32.2. The number of amides is 1. The lowest BCUT2D eigenvalue weighted by Gasteiger charge is -2.30. The molecule has 0 spiro atoms. The Labute approximate surface area is 119 Å². The van der Waals surface area contributed by atoms with Gasteiger partial charge in [0.05, 0.1) is 19.5 Å². The molecular weight excluding hydrogens is 284 g/mol. The topological polar surface area (TPSA) is 29.5 Å². The van der Waals surface area contributed by atoms with E-state index in [1.54, 1.807) is 12.1 Å². The third-order valence-corrected chi connectivity index (χ3v) is 4.42. The molecule has 110 valence electrons. The SMILES string of the molecule is C=[SH+](C)c1ccc(C(F)(F)C(=O)N2CCOCC2)cc1. The zero-order valence-electron chi connectivity index (χ0n) is 11.3. The van der Waals surface area contributed by atoms with Crippen LogP contribution in [0.5, 0.6) is 0 Å². The molecule has 1 amide bonds. The summed E-state index contributed by atoms with van der Waals surface area (Å²) in [5.74, 6) is -0.746. The van der Waals surface area contributed by atoms with E-state index in [9.17, 15) is 13.6 Å². The third-order valence-electron chi connectivity index (χ3n) is 3.24. The highest BCUT2D eigenvalue weighted by molar-refractivity contribution is 7.93. The summed E-state index contributed by atoms with van der Waals surface area (Å²) in [6.07, 6.45) is 1.95. The summed E-state index contributed by atoms with van der Waals surface area (Å²) in [6.45, 7) is 1.04. The van der Waals surface area contributed by atoms with Crippen molar-refractivity contribution in [2.45, 2.75) is 10.8 Å². The van der Waals surface area contributed by atoms with Gasteiger partial charge in [-0.05, 0) is 24.3 Å². The molecule has 1 fully saturated rings. The van der Waals surface area contributed by atoms with E-state index in [0.29, 0.717) is 13.2 Å². The van der Waals surface area contributed by atoms with Crippen LogP contribution in [0.4, 0.5) is 8.78 Å². The predicted molar refractivity (Wildman–Crippen MR) is 77.8 cm³/mol. The van der Waals surface area contributed by atoms with Crippen LogP contribution in [-0.2, 0) is 25.9 Å². The fraction of sp³-hybridized carbons (Fsp3) is 0.429. The molecule has 1 aromatic rings. The molecule has 1 aliphatic rings. The Morgan fingerprint density at radius 2 is 1.85 bits per heavy atom. The molecule has 0 bridgehead atoms. The molecule has 1 saturated heterocycles. The Morgan fingerprint density at radius 1 is 1.30 bits per heavy atom. The number of carbonyl (C=O) groups is 1. The van der Waals surface area contributed by atoms with Gasteiger partial charge in [-0.3, -0.25) is 4.79 Å². The maximum Gasteiger partial charge on any atom is 0.349 e. The number of alkyl halides is 2. The van der Waals surface area contributed by atoms with Crippen molar-refractivity contribution in [3.05, 3.63) is 29.8 Å². The first-order valence-electron chi connectivity index (χ1n) is 6.32. The van der Waals surface area contributed by atoms with Gasteiger partial charge in [0.1, 0.15) is 4.90 Å². The average molecular weight is 302 g/mol. The van der Waals surface area contributed by atoms with Crippen LogP contribution in [0.1, 0.15) is 5.56 Å². The molecule has 6 heteroatoms. The fourth-order valence-corrected chi connectivity index (χ4v) is 2.67. The summed E-state index contributed by atoms with van der Waals surface area (Å²) in [5.41, 5.74) is -0.269. The van der Waals surface area contributed by atoms with Crippen LogP contribution in [0.2, 0.25) is 0 Å². The van der Waals surface area contributed by atoms with Gasteiger partial charge in [-0.2, -0.15) is 8.78 Å². The van der Waals surface area contributed by atoms with Crippen LogP contribution in [-0.4, -0.2) is 49.2 Å². The normalized spacial score (nSPS) is 17.9. The number of benzene rings is 1. The first-order chi connectivity index (χ1) is 9.43. The van der Waals surface area contributed by atoms with Gasteiger partial charge < -0.3 is 9.64 Å². The van der Waals surface area contributed by atoms with Crippen LogP contribution in [0.25, 0.3) is 0 Å². The minimum Gasteiger partial charge on any atom is -0.378 e. The number of rotatable bonds is 3. The maximum absolute atomic E-state index is 14.2. The second-order valence-corrected chi connectivity index (χ2v) is 6.64. The van der Waals surface area contributed by atoms with Crippen molar-refractivity contribution < 1.29 is 18.3 Å². The summed E-state index contributed by atoms with van der Waals surface area (Å²) >= 11 is 0. The predicted octanol–water partition coefficient (Wildman–Crippen LogP) is 1.41. The second-order valence-electron chi connectivity index (χ2n) is 4.72. The van der Waals surface area contributed by atoms with Crippen LogP contribution in [0.15, 0.2) is 29.2 Å². The Hall–Kier alpha value is -1.27. The van der Waals surface area contributed by atoms with Crippen molar-refractivity contribution in [1.29, 1.82) is 0 Å². The molecule has 1 aliphatic heterocycles. The number of carbonyl (C=O) groups excluding carboxylic acids is 1. The van der Waals surface area contributed by atoms with Gasteiger partial charge in [0, 0.05) is 24.5 Å². The van der Waals surface area contributed by atoms with E-state index in [4.69, 9.17) is 4.74 Å². The van der Waals surface area contributed by atoms with Gasteiger partial charge >= 0.3 is 5.92 Å². The number of ether oxygens (including phenoxy) is 1. The molecule has 3 nitrogen and oxygen atoms in total. The molecule has 20 heavy (non-hydrogen) atoms. The Balaban J connectivity index is 2.19. The molecule has 0 N–H and O–H groups in total. The number of hydrogen-bond acceptors (Lipinski definition) is 2. The van der Waals surface area contributed by atoms with E-state index in [-0.39, 0.29) is 18.7 Å². The van der Waals surface area contributed by atoms with Gasteiger partial charge in [0.2, 0.25) is 0 Å². The standard InChI is InChI=1S/C14H17F2NO2S/c1-20(2)12-5-3-11(4-6-12)14(15,16)13(18)17-7-9-19-10-8-17/h3-6H,1,7-10H2,2H3/p+1. The van der Waals surface area contributed by atoms with E-state index < -0.39 is 22.3 Å². The van der Waals surface area contributed by atoms with Crippen molar-refractivity contribution in [3.63, 3.8) is 0 Å². The lowest BCUT2D eigenvalue weighted by Crippen LogP contribution is -2.47. The number of hydrogen-bond donors (Lipinski definition) is 0. The Morgan fingerprint density at radius 3 is 2.35 bits per heavy atom. The van der Waals surface area contributed by atoms with Gasteiger partial charge in [0.15, 0.2) is 0 Å².